The fourth-order valence-corrected chi connectivity index (χ4v) is 0.826. The highest BCUT2D eigenvalue weighted by atomic mass is 31.1. The van der Waals surface area contributed by atoms with Gasteiger partial charge in [-0.05, 0) is 6.54 Å². The number of hydrogen-bond donors (Lipinski definition) is 1. The lowest BCUT2D eigenvalue weighted by molar-refractivity contribution is -0.111. The van der Waals surface area contributed by atoms with Crippen LogP contribution >= 0.6 is 8.73 Å². The van der Waals surface area contributed by atoms with E-state index in [0.717, 1.165) is 6.54 Å². The fourth-order valence-electron chi connectivity index (χ4n) is 0.275. The first-order chi connectivity index (χ1) is 3.81. The molecule has 1 atom stereocenters. The summed E-state index contributed by atoms with van der Waals surface area (Å²) in [6, 6.07) is 0. The van der Waals surface area contributed by atoms with E-state index in [4.69, 9.17) is 0 Å². The summed E-state index contributed by atoms with van der Waals surface area (Å²) in [4.78, 5) is 10.5. The van der Waals surface area contributed by atoms with Crippen LogP contribution in [-0.4, -0.2) is 12.1 Å². The molecule has 0 aliphatic rings. The average molecular weight is 133 g/mol. The van der Waals surface area contributed by atoms with Crippen LogP contribution in [0.1, 0.15) is 20.3 Å². The van der Waals surface area contributed by atoms with Crippen LogP contribution in [0.25, 0.3) is 0 Å². The third kappa shape index (κ3) is 4.23. The van der Waals surface area contributed by atoms with E-state index in [0.29, 0.717) is 20.7 Å². The van der Waals surface area contributed by atoms with E-state index in [1.165, 1.54) is 0 Å². The molecule has 0 radical (unpaired) electrons. The molecular weight excluding hydrogens is 121 g/mol. The van der Waals surface area contributed by atoms with Crippen molar-refractivity contribution >= 4 is 14.3 Å². The van der Waals surface area contributed by atoms with Gasteiger partial charge in [0.25, 0.3) is 0 Å². The Morgan fingerprint density at radius 1 is 1.62 bits per heavy atom. The smallest absolute Gasteiger partial charge is 0.165 e. The van der Waals surface area contributed by atoms with Crippen molar-refractivity contribution in [3.8, 4) is 0 Å². The largest absolute Gasteiger partial charge is 0.293 e. The molecule has 0 saturated heterocycles. The Bertz CT molecular complexity index is 74.8. The van der Waals surface area contributed by atoms with Crippen molar-refractivity contribution in [2.45, 2.75) is 20.3 Å². The zero-order chi connectivity index (χ0) is 6.41. The predicted octanol–water partition coefficient (Wildman–Crippen LogP) is 1.13. The van der Waals surface area contributed by atoms with Gasteiger partial charge in [-0.15, -0.1) is 0 Å². The first-order valence-electron chi connectivity index (χ1n) is 2.83. The molecule has 3 heteroatoms. The highest BCUT2D eigenvalue weighted by Crippen LogP contribution is 2.05. The molecule has 1 unspecified atom stereocenters. The molecule has 0 aliphatic heterocycles. The molecule has 0 fully saturated rings. The number of carbonyl (C=O) groups is 1. The summed E-state index contributed by atoms with van der Waals surface area (Å²) in [6.45, 7) is 4.77. The maximum absolute atomic E-state index is 10.5. The van der Waals surface area contributed by atoms with Crippen molar-refractivity contribution in [1.82, 2.24) is 5.09 Å². The van der Waals surface area contributed by atoms with Gasteiger partial charge in [-0.25, -0.2) is 0 Å². The van der Waals surface area contributed by atoms with E-state index in [1.807, 2.05) is 13.8 Å². The van der Waals surface area contributed by atoms with Crippen molar-refractivity contribution in [1.29, 1.82) is 0 Å². The van der Waals surface area contributed by atoms with E-state index in [9.17, 15) is 4.79 Å². The molecule has 0 aromatic heterocycles. The third-order valence-corrected chi connectivity index (χ3v) is 1.89. The molecule has 0 aliphatic carbocycles. The lowest BCUT2D eigenvalue weighted by Gasteiger charge is -1.94. The zero-order valence-corrected chi connectivity index (χ0v) is 6.32. The molecule has 0 saturated carbocycles. The number of carbonyl (C=O) groups excluding carboxylic acids is 1. The monoisotopic (exact) mass is 133 g/mol. The minimum Gasteiger partial charge on any atom is -0.293 e. The summed E-state index contributed by atoms with van der Waals surface area (Å²) in [7, 11) is 0.317. The summed E-state index contributed by atoms with van der Waals surface area (Å²) in [5, 5.41) is 2.98. The van der Waals surface area contributed by atoms with E-state index in [1.54, 1.807) is 0 Å². The van der Waals surface area contributed by atoms with Crippen molar-refractivity contribution in [2.24, 2.45) is 0 Å². The minimum absolute atomic E-state index is 0.312. The molecule has 8 heavy (non-hydrogen) atoms. The van der Waals surface area contributed by atoms with Gasteiger partial charge in [-0.1, -0.05) is 13.8 Å². The van der Waals surface area contributed by atoms with E-state index >= 15 is 0 Å². The second-order valence-electron chi connectivity index (χ2n) is 1.43. The summed E-state index contributed by atoms with van der Waals surface area (Å²) in [6.07, 6.45) is 0.658. The van der Waals surface area contributed by atoms with Crippen LogP contribution in [0, 0.1) is 0 Å². The standard InChI is InChI=1S/C5H12NOP/c1-3-5(7)8-6-4-2/h6,8H,3-4H2,1-2H3. The predicted molar refractivity (Wildman–Crippen MR) is 37.3 cm³/mol. The maximum atomic E-state index is 10.5. The molecule has 0 heterocycles. The van der Waals surface area contributed by atoms with Gasteiger partial charge in [-0.2, -0.15) is 0 Å². The molecule has 0 aromatic carbocycles. The highest BCUT2D eigenvalue weighted by Gasteiger charge is 1.92. The van der Waals surface area contributed by atoms with Crippen LogP contribution < -0.4 is 5.09 Å². The van der Waals surface area contributed by atoms with Gasteiger partial charge in [0.05, 0.1) is 0 Å². The molecular formula is C5H12NOP. The maximum Gasteiger partial charge on any atom is 0.165 e. The third-order valence-electron chi connectivity index (χ3n) is 0.726. The molecule has 2 nitrogen and oxygen atoms in total. The quantitative estimate of drug-likeness (QED) is 0.582. The van der Waals surface area contributed by atoms with E-state index in [-0.39, 0.29) is 0 Å². The molecule has 0 rings (SSSR count). The Morgan fingerprint density at radius 2 is 2.25 bits per heavy atom. The van der Waals surface area contributed by atoms with Crippen LogP contribution in [0.15, 0.2) is 0 Å². The van der Waals surface area contributed by atoms with Gasteiger partial charge in [-0.3, -0.25) is 9.88 Å². The Labute approximate surface area is 51.9 Å². The molecule has 48 valence electrons. The minimum atomic E-state index is 0.312. The summed E-state index contributed by atoms with van der Waals surface area (Å²) < 4.78 is 0. The Hall–Kier alpha value is 0.0600. The van der Waals surface area contributed by atoms with Crippen molar-refractivity contribution < 1.29 is 4.79 Å². The second-order valence-corrected chi connectivity index (χ2v) is 2.59. The number of rotatable bonds is 4. The SMILES string of the molecule is CCNPC(=O)CC. The normalized spacial score (nSPS) is 10.8. The van der Waals surface area contributed by atoms with Gasteiger partial charge in [0.1, 0.15) is 0 Å². The molecule has 0 aromatic rings. The zero-order valence-electron chi connectivity index (χ0n) is 5.32. The van der Waals surface area contributed by atoms with Crippen molar-refractivity contribution in [2.75, 3.05) is 6.54 Å². The lowest BCUT2D eigenvalue weighted by atomic mass is 10.6. The Kier molecular flexibility index (Phi) is 5.24. The van der Waals surface area contributed by atoms with Crippen molar-refractivity contribution in [3.63, 3.8) is 0 Å². The lowest BCUT2D eigenvalue weighted by Crippen LogP contribution is -2.02. The Morgan fingerprint density at radius 3 is 2.62 bits per heavy atom. The van der Waals surface area contributed by atoms with Crippen molar-refractivity contribution in [3.05, 3.63) is 0 Å². The second kappa shape index (κ2) is 5.20. The first kappa shape index (κ1) is 8.06. The van der Waals surface area contributed by atoms with Crippen LogP contribution in [-0.2, 0) is 4.79 Å². The van der Waals surface area contributed by atoms with Gasteiger partial charge >= 0.3 is 0 Å². The van der Waals surface area contributed by atoms with Crippen LogP contribution in [0.3, 0.4) is 0 Å². The number of nitrogens with one attached hydrogen (secondary N) is 1. The molecule has 0 amide bonds. The van der Waals surface area contributed by atoms with Crippen LogP contribution in [0.2, 0.25) is 0 Å². The van der Waals surface area contributed by atoms with Crippen LogP contribution in [0.5, 0.6) is 0 Å². The van der Waals surface area contributed by atoms with Gasteiger partial charge in [0, 0.05) is 15.2 Å². The average Bonchev–Trinajstić information content (AvgIpc) is 1.83. The summed E-state index contributed by atoms with van der Waals surface area (Å²) >= 11 is 0. The summed E-state index contributed by atoms with van der Waals surface area (Å²) in [5.41, 5.74) is 0.312. The van der Waals surface area contributed by atoms with E-state index in [2.05, 4.69) is 5.09 Å². The highest BCUT2D eigenvalue weighted by molar-refractivity contribution is 7.55. The Balaban J connectivity index is 2.99. The first-order valence-corrected chi connectivity index (χ1v) is 3.83. The van der Waals surface area contributed by atoms with Gasteiger partial charge in [0.2, 0.25) is 0 Å². The van der Waals surface area contributed by atoms with E-state index < -0.39 is 0 Å². The molecule has 0 bridgehead atoms. The van der Waals surface area contributed by atoms with Gasteiger partial charge < -0.3 is 0 Å². The molecule has 0 spiro atoms. The van der Waals surface area contributed by atoms with Gasteiger partial charge in [0.15, 0.2) is 5.52 Å². The topological polar surface area (TPSA) is 29.1 Å². The number of hydrogen-bond acceptors (Lipinski definition) is 2. The van der Waals surface area contributed by atoms with Crippen LogP contribution in [0.4, 0.5) is 0 Å². The molecule has 1 N–H and O–H groups in total. The summed E-state index contributed by atoms with van der Waals surface area (Å²) in [5.74, 6) is 0. The fraction of sp³-hybridized carbons (Fsp3) is 0.800.